The minimum Gasteiger partial charge on any atom is -0.491 e. The second-order valence-electron chi connectivity index (χ2n) is 5.76. The summed E-state index contributed by atoms with van der Waals surface area (Å²) in [4.78, 5) is 15.6. The quantitative estimate of drug-likeness (QED) is 0.327. The van der Waals surface area contributed by atoms with Gasteiger partial charge in [0.05, 0.1) is 52.4 Å². The van der Waals surface area contributed by atoms with Crippen molar-refractivity contribution >= 4 is 5.78 Å². The molecule has 0 saturated carbocycles. The zero-order valence-corrected chi connectivity index (χ0v) is 16.1. The highest BCUT2D eigenvalue weighted by Gasteiger charge is 2.05. The number of carbonyl (C=O) groups excluding carboxylic acids is 1. The van der Waals surface area contributed by atoms with E-state index < -0.39 is 0 Å². The van der Waals surface area contributed by atoms with Gasteiger partial charge in [-0.25, -0.2) is 0 Å². The van der Waals surface area contributed by atoms with E-state index >= 15 is 0 Å². The summed E-state index contributed by atoms with van der Waals surface area (Å²) in [5.41, 5.74) is 0.428. The van der Waals surface area contributed by atoms with Crippen LogP contribution in [0, 0.1) is 0 Å². The van der Waals surface area contributed by atoms with E-state index in [0.29, 0.717) is 70.7 Å². The molecular weight excluding hydrogens is 338 g/mol. The SMILES string of the molecule is CCC(=O)c1cc(OCCOCCOCCOCCOC(C)C)ccn1. The molecule has 0 aliphatic heterocycles. The molecule has 148 valence electrons. The molecule has 0 amide bonds. The molecule has 0 radical (unpaired) electrons. The van der Waals surface area contributed by atoms with Crippen molar-refractivity contribution in [1.29, 1.82) is 0 Å². The van der Waals surface area contributed by atoms with Crippen LogP contribution in [0.4, 0.5) is 0 Å². The van der Waals surface area contributed by atoms with Gasteiger partial charge >= 0.3 is 0 Å². The second kappa shape index (κ2) is 14.6. The lowest BCUT2D eigenvalue weighted by Crippen LogP contribution is -2.14. The topological polar surface area (TPSA) is 76.1 Å². The van der Waals surface area contributed by atoms with E-state index in [0.717, 1.165) is 0 Å². The van der Waals surface area contributed by atoms with Crippen molar-refractivity contribution in [3.63, 3.8) is 0 Å². The number of carbonyl (C=O) groups is 1. The van der Waals surface area contributed by atoms with Crippen LogP contribution in [-0.2, 0) is 18.9 Å². The molecule has 26 heavy (non-hydrogen) atoms. The van der Waals surface area contributed by atoms with Gasteiger partial charge in [0.25, 0.3) is 0 Å². The summed E-state index contributed by atoms with van der Waals surface area (Å²) in [6, 6.07) is 3.38. The molecule has 0 atom stereocenters. The number of nitrogens with zero attached hydrogens (tertiary/aromatic N) is 1. The Morgan fingerprint density at radius 1 is 0.962 bits per heavy atom. The molecule has 1 heterocycles. The molecule has 7 nitrogen and oxygen atoms in total. The zero-order chi connectivity index (χ0) is 19.0. The second-order valence-corrected chi connectivity index (χ2v) is 5.76. The fourth-order valence-corrected chi connectivity index (χ4v) is 1.94. The summed E-state index contributed by atoms with van der Waals surface area (Å²) in [5, 5.41) is 0. The maximum absolute atomic E-state index is 11.6. The van der Waals surface area contributed by atoms with Gasteiger partial charge in [-0.1, -0.05) is 6.92 Å². The summed E-state index contributed by atoms with van der Waals surface area (Å²) in [6.45, 7) is 9.92. The number of ether oxygens (including phenoxy) is 5. The highest BCUT2D eigenvalue weighted by Crippen LogP contribution is 2.12. The fourth-order valence-electron chi connectivity index (χ4n) is 1.94. The highest BCUT2D eigenvalue weighted by atomic mass is 16.6. The first-order valence-corrected chi connectivity index (χ1v) is 9.10. The van der Waals surface area contributed by atoms with Crippen LogP contribution in [-0.4, -0.2) is 69.7 Å². The van der Waals surface area contributed by atoms with Crippen LogP contribution in [0.2, 0.25) is 0 Å². The fraction of sp³-hybridized carbons (Fsp3) is 0.684. The zero-order valence-electron chi connectivity index (χ0n) is 16.1. The smallest absolute Gasteiger partial charge is 0.181 e. The largest absolute Gasteiger partial charge is 0.491 e. The average molecular weight is 369 g/mol. The van der Waals surface area contributed by atoms with Crippen molar-refractivity contribution in [2.75, 3.05) is 52.9 Å². The van der Waals surface area contributed by atoms with Crippen molar-refractivity contribution < 1.29 is 28.5 Å². The number of hydrogen-bond acceptors (Lipinski definition) is 7. The summed E-state index contributed by atoms with van der Waals surface area (Å²) in [6.07, 6.45) is 2.23. The third kappa shape index (κ3) is 11.1. The van der Waals surface area contributed by atoms with Gasteiger partial charge < -0.3 is 23.7 Å². The van der Waals surface area contributed by atoms with Gasteiger partial charge in [-0.3, -0.25) is 9.78 Å². The van der Waals surface area contributed by atoms with Crippen LogP contribution in [0.15, 0.2) is 18.3 Å². The summed E-state index contributed by atoms with van der Waals surface area (Å²) in [7, 11) is 0. The number of ketones is 1. The Morgan fingerprint density at radius 2 is 1.54 bits per heavy atom. The third-order valence-corrected chi connectivity index (χ3v) is 3.26. The summed E-state index contributed by atoms with van der Waals surface area (Å²) in [5.74, 6) is 0.621. The van der Waals surface area contributed by atoms with Crippen molar-refractivity contribution in [3.05, 3.63) is 24.0 Å². The normalized spacial score (nSPS) is 11.1. The Morgan fingerprint density at radius 3 is 2.12 bits per heavy atom. The van der Waals surface area contributed by atoms with E-state index in [-0.39, 0.29) is 11.9 Å². The van der Waals surface area contributed by atoms with Crippen molar-refractivity contribution in [3.8, 4) is 5.75 Å². The van der Waals surface area contributed by atoms with Gasteiger partial charge in [-0.15, -0.1) is 0 Å². The summed E-state index contributed by atoms with van der Waals surface area (Å²) < 4.78 is 27.1. The Hall–Kier alpha value is -1.54. The monoisotopic (exact) mass is 369 g/mol. The van der Waals surface area contributed by atoms with E-state index in [2.05, 4.69) is 4.98 Å². The Balaban J connectivity index is 1.93. The standard InChI is InChI=1S/C19H31NO6/c1-4-19(21)18-15-17(5-6-20-18)26-14-12-24-10-8-22-7-9-23-11-13-25-16(2)3/h5-6,15-16H,4,7-14H2,1-3H3. The maximum Gasteiger partial charge on any atom is 0.181 e. The molecule has 0 bridgehead atoms. The number of rotatable bonds is 16. The number of aromatic nitrogens is 1. The minimum atomic E-state index is 0.000256. The molecular formula is C19H31NO6. The molecule has 0 fully saturated rings. The van der Waals surface area contributed by atoms with Crippen molar-refractivity contribution in [2.24, 2.45) is 0 Å². The van der Waals surface area contributed by atoms with Crippen LogP contribution in [0.25, 0.3) is 0 Å². The Labute approximate surface area is 155 Å². The van der Waals surface area contributed by atoms with E-state index in [4.69, 9.17) is 23.7 Å². The molecule has 7 heteroatoms. The van der Waals surface area contributed by atoms with Crippen molar-refractivity contribution in [1.82, 2.24) is 4.98 Å². The molecule has 0 N–H and O–H groups in total. The van der Waals surface area contributed by atoms with Crippen LogP contribution in [0.5, 0.6) is 5.75 Å². The molecule has 1 rings (SSSR count). The van der Waals surface area contributed by atoms with Crippen LogP contribution in [0.3, 0.4) is 0 Å². The molecule has 0 saturated heterocycles. The van der Waals surface area contributed by atoms with E-state index in [1.807, 2.05) is 13.8 Å². The molecule has 1 aromatic rings. The Bertz CT molecular complexity index is 495. The third-order valence-electron chi connectivity index (χ3n) is 3.26. The van der Waals surface area contributed by atoms with Gasteiger partial charge in [-0.2, -0.15) is 0 Å². The lowest BCUT2D eigenvalue weighted by Gasteiger charge is -2.09. The summed E-state index contributed by atoms with van der Waals surface area (Å²) >= 11 is 0. The van der Waals surface area contributed by atoms with Crippen LogP contribution >= 0.6 is 0 Å². The molecule has 0 unspecified atom stereocenters. The Kier molecular flexibility index (Phi) is 12.6. The van der Waals surface area contributed by atoms with Gasteiger partial charge in [0.1, 0.15) is 18.1 Å². The molecule has 0 aliphatic rings. The lowest BCUT2D eigenvalue weighted by atomic mass is 10.2. The first-order valence-electron chi connectivity index (χ1n) is 9.10. The first-order chi connectivity index (χ1) is 12.6. The predicted molar refractivity (Wildman–Crippen MR) is 97.9 cm³/mol. The van der Waals surface area contributed by atoms with Gasteiger partial charge in [0.2, 0.25) is 0 Å². The number of pyridine rings is 1. The van der Waals surface area contributed by atoms with E-state index in [9.17, 15) is 4.79 Å². The van der Waals surface area contributed by atoms with Gasteiger partial charge in [-0.05, 0) is 19.9 Å². The molecule has 0 aromatic carbocycles. The van der Waals surface area contributed by atoms with Gasteiger partial charge in [0.15, 0.2) is 5.78 Å². The lowest BCUT2D eigenvalue weighted by molar-refractivity contribution is -0.0134. The minimum absolute atomic E-state index is 0.000256. The average Bonchev–Trinajstić information content (AvgIpc) is 2.64. The van der Waals surface area contributed by atoms with Crippen LogP contribution < -0.4 is 4.74 Å². The van der Waals surface area contributed by atoms with Crippen molar-refractivity contribution in [2.45, 2.75) is 33.3 Å². The number of hydrogen-bond donors (Lipinski definition) is 0. The number of Topliss-reactive ketones (excluding diaryl/α,β-unsaturated/α-hetero) is 1. The van der Waals surface area contributed by atoms with E-state index in [1.165, 1.54) is 0 Å². The maximum atomic E-state index is 11.6. The van der Waals surface area contributed by atoms with Crippen LogP contribution in [0.1, 0.15) is 37.7 Å². The highest BCUT2D eigenvalue weighted by molar-refractivity contribution is 5.94. The van der Waals surface area contributed by atoms with Gasteiger partial charge in [0, 0.05) is 18.7 Å². The van der Waals surface area contributed by atoms with E-state index in [1.54, 1.807) is 25.3 Å². The predicted octanol–water partition coefficient (Wildman–Crippen LogP) is 2.53. The molecule has 0 aliphatic carbocycles. The first kappa shape index (κ1) is 22.5. The molecule has 0 spiro atoms. The molecule has 1 aromatic heterocycles.